The van der Waals surface area contributed by atoms with Gasteiger partial charge in [0.05, 0.1) is 23.3 Å². The number of oxazole rings is 1. The fourth-order valence-electron chi connectivity index (χ4n) is 7.93. The lowest BCUT2D eigenvalue weighted by Crippen LogP contribution is -2.58. The maximum absolute atomic E-state index is 14.7. The average Bonchev–Trinajstić information content (AvgIpc) is 3.40. The van der Waals surface area contributed by atoms with E-state index in [0.717, 1.165) is 47.0 Å². The summed E-state index contributed by atoms with van der Waals surface area (Å²) in [6.45, 7) is 13.1. The van der Waals surface area contributed by atoms with E-state index in [2.05, 4.69) is 22.3 Å². The number of ether oxygens (including phenoxy) is 2. The Morgan fingerprint density at radius 1 is 1.13 bits per heavy atom. The van der Waals surface area contributed by atoms with Gasteiger partial charge in [-0.15, -0.1) is 0 Å². The summed E-state index contributed by atoms with van der Waals surface area (Å²) in [7, 11) is -1.60. The van der Waals surface area contributed by atoms with Gasteiger partial charge in [0.25, 0.3) is 11.9 Å². The zero-order valence-electron chi connectivity index (χ0n) is 36.2. The summed E-state index contributed by atoms with van der Waals surface area (Å²) in [4.78, 5) is 67.3. The second-order valence-corrected chi connectivity index (χ2v) is 19.4. The van der Waals surface area contributed by atoms with Crippen LogP contribution in [0.4, 0.5) is 4.79 Å². The Bertz CT molecular complexity index is 2240. The lowest BCUT2D eigenvalue weighted by atomic mass is 10.0. The molecule has 3 aliphatic rings. The van der Waals surface area contributed by atoms with Crippen molar-refractivity contribution in [3.05, 3.63) is 41.8 Å². The predicted octanol–water partition coefficient (Wildman–Crippen LogP) is 5.09. The van der Waals surface area contributed by atoms with Gasteiger partial charge in [-0.3, -0.25) is 19.0 Å². The Labute approximate surface area is 352 Å². The number of nitrogens with zero attached hydrogens (tertiary/aromatic N) is 5. The maximum atomic E-state index is 14.7. The minimum atomic E-state index is -4.19. The first-order valence-corrected chi connectivity index (χ1v) is 22.4. The third-order valence-electron chi connectivity index (χ3n) is 11.1. The first-order chi connectivity index (χ1) is 28.2. The molecule has 5 unspecified atom stereocenters. The highest BCUT2D eigenvalue weighted by Gasteiger charge is 2.62. The minimum absolute atomic E-state index is 0.0123. The van der Waals surface area contributed by atoms with Gasteiger partial charge in [0.15, 0.2) is 0 Å². The lowest BCUT2D eigenvalue weighted by Gasteiger charge is -2.30. The van der Waals surface area contributed by atoms with Crippen LogP contribution in [0.3, 0.4) is 0 Å². The fourth-order valence-corrected chi connectivity index (χ4v) is 8.53. The van der Waals surface area contributed by atoms with E-state index in [0.29, 0.717) is 36.2 Å². The number of benzene rings is 1. The van der Waals surface area contributed by atoms with E-state index >= 15 is 0 Å². The number of alkyl carbamates (subject to hydrolysis) is 1. The van der Waals surface area contributed by atoms with E-state index in [9.17, 15) is 27.6 Å². The number of fused-ring (bicyclic) bond motifs is 3. The molecule has 3 aromatic rings. The van der Waals surface area contributed by atoms with Crippen LogP contribution in [-0.4, -0.2) is 106 Å². The molecule has 328 valence electrons. The topological polar surface area (TPSA) is 207 Å². The molecule has 4 heterocycles. The van der Waals surface area contributed by atoms with Crippen LogP contribution in [0.1, 0.15) is 110 Å². The predicted molar refractivity (Wildman–Crippen MR) is 224 cm³/mol. The van der Waals surface area contributed by atoms with Crippen molar-refractivity contribution in [3.63, 3.8) is 0 Å². The molecule has 0 radical (unpaired) electrons. The molecular weight excluding hydrogens is 793 g/mol. The van der Waals surface area contributed by atoms with E-state index < -0.39 is 69.3 Å². The van der Waals surface area contributed by atoms with Crippen molar-refractivity contribution in [2.75, 3.05) is 20.6 Å². The molecule has 2 fully saturated rings. The number of aryl methyl sites for hydroxylation is 2. The molecule has 1 aromatic carbocycles. The third kappa shape index (κ3) is 9.64. The Balaban J connectivity index is 1.36. The van der Waals surface area contributed by atoms with Crippen molar-refractivity contribution in [1.82, 2.24) is 39.1 Å². The largest absolute Gasteiger partial charge is 0.459 e. The Morgan fingerprint density at radius 3 is 2.57 bits per heavy atom. The molecule has 1 aliphatic carbocycles. The molecule has 5 atom stereocenters. The van der Waals surface area contributed by atoms with E-state index in [1.54, 1.807) is 20.8 Å². The number of allylic oxidation sites excluding steroid dienone is 1. The van der Waals surface area contributed by atoms with Crippen LogP contribution in [0, 0.1) is 12.8 Å². The van der Waals surface area contributed by atoms with E-state index in [1.807, 2.05) is 55.7 Å². The smallest absolute Gasteiger partial charge is 0.408 e. The Morgan fingerprint density at radius 2 is 1.88 bits per heavy atom. The molecule has 1 saturated carbocycles. The van der Waals surface area contributed by atoms with Gasteiger partial charge in [-0.25, -0.2) is 14.5 Å². The number of hydrogen-bond acceptors (Lipinski definition) is 11. The van der Waals surface area contributed by atoms with Crippen molar-refractivity contribution >= 4 is 45.1 Å². The van der Waals surface area contributed by atoms with Crippen LogP contribution < -0.4 is 20.1 Å². The van der Waals surface area contributed by atoms with Gasteiger partial charge in [-0.2, -0.15) is 17.7 Å². The quantitative estimate of drug-likeness (QED) is 0.229. The number of nitrogens with one attached hydrogen (secondary N) is 3. The monoisotopic (exact) mass is 852 g/mol. The van der Waals surface area contributed by atoms with E-state index in [-0.39, 0.29) is 31.4 Å². The number of imidazole rings is 1. The normalized spacial score (nSPS) is 24.1. The maximum Gasteiger partial charge on any atom is 0.408 e. The standard InChI is InChI=1S/C42H60N8O9S/c1-10-17-30-26(4)57-36(43-30)29-19-16-21-32-34(29)45-39(50(32)25(2)3)58-28-22-33-35(51)46-42(38(53)47-60(55,56)48(8)9)23-27(42)18-14-12-11-13-15-20-31(37(52)49(33)24-28)44-40(54)59-41(5,6)7/h14,16,18-19,21,25,27-28,31,33H,10-13,15,17,20,22-24H2,1-9H3,(H,44,54)(H,46,51)(H,47,53). The van der Waals surface area contributed by atoms with Crippen LogP contribution in [0.2, 0.25) is 0 Å². The van der Waals surface area contributed by atoms with Gasteiger partial charge in [0.2, 0.25) is 17.7 Å². The number of para-hydroxylation sites is 1. The summed E-state index contributed by atoms with van der Waals surface area (Å²) in [6, 6.07) is 3.71. The number of rotatable bonds is 10. The zero-order chi connectivity index (χ0) is 43.7. The van der Waals surface area contributed by atoms with Crippen molar-refractivity contribution in [2.24, 2.45) is 5.92 Å². The van der Waals surface area contributed by atoms with E-state index in [4.69, 9.17) is 23.9 Å². The SMILES string of the molecule is CCCc1nc(-c2cccc3c2nc(OC2CC4C(=O)NC5(C(=O)NS(=O)(=O)N(C)C)CC5C=CCCCCCC(NC(=O)OC(C)(C)C)C(=O)N4C2)n3C(C)C)oc1C. The zero-order valence-corrected chi connectivity index (χ0v) is 37.0. The molecule has 6 rings (SSSR count). The van der Waals surface area contributed by atoms with Gasteiger partial charge in [0.1, 0.15) is 40.6 Å². The number of carbonyl (C=O) groups is 4. The molecule has 4 amide bonds. The van der Waals surface area contributed by atoms with Crippen LogP contribution >= 0.6 is 0 Å². The molecule has 2 aliphatic heterocycles. The Kier molecular flexibility index (Phi) is 13.0. The van der Waals surface area contributed by atoms with E-state index in [1.165, 1.54) is 19.0 Å². The van der Waals surface area contributed by atoms with Gasteiger partial charge >= 0.3 is 16.3 Å². The first-order valence-electron chi connectivity index (χ1n) is 20.9. The van der Waals surface area contributed by atoms with Gasteiger partial charge in [-0.05, 0) is 85.8 Å². The summed E-state index contributed by atoms with van der Waals surface area (Å²) in [5, 5.41) is 5.63. The molecule has 0 bridgehead atoms. The number of amides is 4. The van der Waals surface area contributed by atoms with Crippen molar-refractivity contribution in [2.45, 2.75) is 142 Å². The average molecular weight is 853 g/mol. The van der Waals surface area contributed by atoms with Crippen molar-refractivity contribution < 1.29 is 41.5 Å². The lowest BCUT2D eigenvalue weighted by molar-refractivity contribution is -0.141. The minimum Gasteiger partial charge on any atom is -0.459 e. The molecule has 17 nitrogen and oxygen atoms in total. The molecule has 60 heavy (non-hydrogen) atoms. The van der Waals surface area contributed by atoms with Crippen LogP contribution in [0.25, 0.3) is 22.5 Å². The van der Waals surface area contributed by atoms with Gasteiger partial charge in [-0.1, -0.05) is 44.4 Å². The summed E-state index contributed by atoms with van der Waals surface area (Å²) < 4.78 is 48.8. The van der Waals surface area contributed by atoms with Crippen molar-refractivity contribution in [1.29, 1.82) is 0 Å². The Hall–Kier alpha value is -4.97. The number of carbonyl (C=O) groups excluding carboxylic acids is 4. The third-order valence-corrected chi connectivity index (χ3v) is 12.5. The highest BCUT2D eigenvalue weighted by Crippen LogP contribution is 2.46. The summed E-state index contributed by atoms with van der Waals surface area (Å²) >= 11 is 0. The fraction of sp³-hybridized carbons (Fsp3) is 0.619. The number of hydrogen-bond donors (Lipinski definition) is 3. The molecular formula is C42H60N8O9S. The first kappa shape index (κ1) is 44.6. The van der Waals surface area contributed by atoms with Crippen LogP contribution in [-0.2, 0) is 35.8 Å². The molecule has 18 heteroatoms. The van der Waals surface area contributed by atoms with Gasteiger partial charge < -0.3 is 29.4 Å². The highest BCUT2D eigenvalue weighted by molar-refractivity contribution is 7.87. The van der Waals surface area contributed by atoms with Gasteiger partial charge in [0, 0.05) is 32.5 Å². The van der Waals surface area contributed by atoms with Crippen LogP contribution in [0.15, 0.2) is 34.8 Å². The number of aromatic nitrogens is 3. The van der Waals surface area contributed by atoms with Crippen molar-refractivity contribution in [3.8, 4) is 17.5 Å². The molecule has 3 N–H and O–H groups in total. The summed E-state index contributed by atoms with van der Waals surface area (Å²) in [6.07, 6.45) is 7.20. The summed E-state index contributed by atoms with van der Waals surface area (Å²) in [5.41, 5.74) is 0.572. The van der Waals surface area contributed by atoms with Crippen LogP contribution in [0.5, 0.6) is 6.01 Å². The highest BCUT2D eigenvalue weighted by atomic mass is 32.2. The molecule has 1 saturated heterocycles. The summed E-state index contributed by atoms with van der Waals surface area (Å²) in [5.74, 6) is -1.33. The molecule has 0 spiro atoms. The second kappa shape index (κ2) is 17.6. The second-order valence-electron chi connectivity index (χ2n) is 17.5. The molecule has 2 aromatic heterocycles.